The zero-order valence-corrected chi connectivity index (χ0v) is 12.8. The highest BCUT2D eigenvalue weighted by atomic mass is 32.1. The average molecular weight is 283 g/mol. The first-order valence-corrected chi connectivity index (χ1v) is 8.16. The normalized spacial score (nSPS) is 20.6. The van der Waals surface area contributed by atoms with Gasteiger partial charge in [-0.25, -0.2) is 4.98 Å². The molecule has 5 heteroatoms. The van der Waals surface area contributed by atoms with Crippen LogP contribution in [0.5, 0.6) is 0 Å². The van der Waals surface area contributed by atoms with Crippen molar-refractivity contribution >= 4 is 16.5 Å². The van der Waals surface area contributed by atoms with Crippen molar-refractivity contribution in [2.75, 3.05) is 31.6 Å². The highest BCUT2D eigenvalue weighted by molar-refractivity contribution is 7.15. The maximum Gasteiger partial charge on any atom is 0.182 e. The second-order valence-corrected chi connectivity index (χ2v) is 6.13. The Labute approximate surface area is 120 Å². The molecule has 0 bridgehead atoms. The number of piperidine rings is 1. The smallest absolute Gasteiger partial charge is 0.182 e. The molecule has 1 saturated heterocycles. The lowest BCUT2D eigenvalue weighted by molar-refractivity contribution is 0.00388. The number of nitrogens with one attached hydrogen (secondary N) is 1. The van der Waals surface area contributed by atoms with E-state index in [0.29, 0.717) is 6.10 Å². The molecule has 1 N–H and O–H groups in total. The summed E-state index contributed by atoms with van der Waals surface area (Å²) in [5, 5.41) is 4.40. The molecule has 1 unspecified atom stereocenters. The SMILES string of the molecule is CCCNc1ncc(CN2CCCC(OCC)C2)s1. The van der Waals surface area contributed by atoms with Crippen molar-refractivity contribution in [3.05, 3.63) is 11.1 Å². The van der Waals surface area contributed by atoms with Gasteiger partial charge in [0.25, 0.3) is 0 Å². The van der Waals surface area contributed by atoms with Gasteiger partial charge in [0.05, 0.1) is 6.10 Å². The summed E-state index contributed by atoms with van der Waals surface area (Å²) in [6, 6.07) is 0. The molecule has 2 rings (SSSR count). The van der Waals surface area contributed by atoms with Crippen LogP contribution in [0.4, 0.5) is 5.13 Å². The van der Waals surface area contributed by atoms with E-state index in [2.05, 4.69) is 29.0 Å². The Morgan fingerprint density at radius 3 is 3.21 bits per heavy atom. The summed E-state index contributed by atoms with van der Waals surface area (Å²) < 4.78 is 5.74. The lowest BCUT2D eigenvalue weighted by Gasteiger charge is -2.31. The van der Waals surface area contributed by atoms with Crippen molar-refractivity contribution in [3.63, 3.8) is 0 Å². The molecule has 19 heavy (non-hydrogen) atoms. The van der Waals surface area contributed by atoms with E-state index in [-0.39, 0.29) is 0 Å². The molecule has 1 aromatic rings. The van der Waals surface area contributed by atoms with Gasteiger partial charge in [-0.05, 0) is 32.7 Å². The summed E-state index contributed by atoms with van der Waals surface area (Å²) in [5.74, 6) is 0. The van der Waals surface area contributed by atoms with E-state index in [0.717, 1.165) is 37.8 Å². The molecule has 0 aliphatic carbocycles. The summed E-state index contributed by atoms with van der Waals surface area (Å²) in [4.78, 5) is 8.25. The molecule has 0 amide bonds. The topological polar surface area (TPSA) is 37.4 Å². The van der Waals surface area contributed by atoms with E-state index < -0.39 is 0 Å². The predicted octanol–water partition coefficient (Wildman–Crippen LogP) is 2.97. The molecule has 108 valence electrons. The van der Waals surface area contributed by atoms with Gasteiger partial charge in [0, 0.05) is 37.3 Å². The Balaban J connectivity index is 1.81. The van der Waals surface area contributed by atoms with Crippen molar-refractivity contribution in [2.45, 2.75) is 45.8 Å². The third kappa shape index (κ3) is 4.75. The highest BCUT2D eigenvalue weighted by Crippen LogP contribution is 2.22. The molecule has 0 radical (unpaired) electrons. The van der Waals surface area contributed by atoms with Gasteiger partial charge in [-0.1, -0.05) is 6.92 Å². The zero-order chi connectivity index (χ0) is 13.5. The summed E-state index contributed by atoms with van der Waals surface area (Å²) in [7, 11) is 0. The van der Waals surface area contributed by atoms with Gasteiger partial charge < -0.3 is 10.1 Å². The van der Waals surface area contributed by atoms with Gasteiger partial charge >= 0.3 is 0 Å². The van der Waals surface area contributed by atoms with E-state index in [1.54, 1.807) is 11.3 Å². The van der Waals surface area contributed by atoms with Crippen LogP contribution < -0.4 is 5.32 Å². The molecule has 1 aliphatic heterocycles. The monoisotopic (exact) mass is 283 g/mol. The van der Waals surface area contributed by atoms with Gasteiger partial charge in [-0.3, -0.25) is 4.90 Å². The van der Waals surface area contributed by atoms with Crippen molar-refractivity contribution in [1.82, 2.24) is 9.88 Å². The van der Waals surface area contributed by atoms with Crippen LogP contribution in [0.25, 0.3) is 0 Å². The molecular formula is C14H25N3OS. The van der Waals surface area contributed by atoms with Crippen LogP contribution in [0, 0.1) is 0 Å². The van der Waals surface area contributed by atoms with E-state index in [1.807, 2.05) is 6.20 Å². The van der Waals surface area contributed by atoms with E-state index in [9.17, 15) is 0 Å². The van der Waals surface area contributed by atoms with E-state index in [4.69, 9.17) is 4.74 Å². The lowest BCUT2D eigenvalue weighted by Crippen LogP contribution is -2.39. The third-order valence-corrected chi connectivity index (χ3v) is 4.26. The van der Waals surface area contributed by atoms with Crippen LogP contribution in [0.3, 0.4) is 0 Å². The number of anilines is 1. The molecule has 1 aromatic heterocycles. The molecule has 1 atom stereocenters. The van der Waals surface area contributed by atoms with Crippen LogP contribution in [-0.4, -0.2) is 42.2 Å². The quantitative estimate of drug-likeness (QED) is 0.835. The minimum absolute atomic E-state index is 0.421. The van der Waals surface area contributed by atoms with E-state index in [1.165, 1.54) is 24.3 Å². The molecule has 1 fully saturated rings. The van der Waals surface area contributed by atoms with Gasteiger partial charge in [-0.15, -0.1) is 11.3 Å². The minimum Gasteiger partial charge on any atom is -0.377 e. The van der Waals surface area contributed by atoms with Crippen LogP contribution in [0.15, 0.2) is 6.20 Å². The molecule has 0 saturated carbocycles. The Morgan fingerprint density at radius 2 is 2.42 bits per heavy atom. The molecule has 4 nitrogen and oxygen atoms in total. The first-order valence-electron chi connectivity index (χ1n) is 7.34. The van der Waals surface area contributed by atoms with Gasteiger partial charge in [-0.2, -0.15) is 0 Å². The van der Waals surface area contributed by atoms with Crippen molar-refractivity contribution < 1.29 is 4.74 Å². The first kappa shape index (κ1) is 14.8. The Hall–Kier alpha value is -0.650. The molecular weight excluding hydrogens is 258 g/mol. The number of hydrogen-bond donors (Lipinski definition) is 1. The van der Waals surface area contributed by atoms with Gasteiger partial charge in [0.2, 0.25) is 0 Å². The Bertz CT molecular complexity index is 367. The van der Waals surface area contributed by atoms with Crippen molar-refractivity contribution in [3.8, 4) is 0 Å². The fourth-order valence-electron chi connectivity index (χ4n) is 2.44. The van der Waals surface area contributed by atoms with Crippen LogP contribution in [0.2, 0.25) is 0 Å². The molecule has 0 spiro atoms. The van der Waals surface area contributed by atoms with Crippen molar-refractivity contribution in [2.24, 2.45) is 0 Å². The van der Waals surface area contributed by atoms with Crippen LogP contribution in [0.1, 0.15) is 38.0 Å². The Kier molecular flexibility index (Phi) is 6.07. The number of thiazole rings is 1. The van der Waals surface area contributed by atoms with Crippen LogP contribution in [-0.2, 0) is 11.3 Å². The molecule has 1 aliphatic rings. The van der Waals surface area contributed by atoms with Crippen LogP contribution >= 0.6 is 11.3 Å². The van der Waals surface area contributed by atoms with Gasteiger partial charge in [0.1, 0.15) is 0 Å². The number of aromatic nitrogens is 1. The maximum absolute atomic E-state index is 5.74. The number of nitrogens with zero attached hydrogens (tertiary/aromatic N) is 2. The predicted molar refractivity (Wildman–Crippen MR) is 80.8 cm³/mol. The zero-order valence-electron chi connectivity index (χ0n) is 12.0. The summed E-state index contributed by atoms with van der Waals surface area (Å²) in [6.45, 7) is 9.32. The van der Waals surface area contributed by atoms with E-state index >= 15 is 0 Å². The number of rotatable bonds is 7. The van der Waals surface area contributed by atoms with Gasteiger partial charge in [0.15, 0.2) is 5.13 Å². The standard InChI is InChI=1S/C14H25N3OS/c1-3-7-15-14-16-9-13(19-14)11-17-8-5-6-12(10-17)18-4-2/h9,12H,3-8,10-11H2,1-2H3,(H,15,16). The highest BCUT2D eigenvalue weighted by Gasteiger charge is 2.20. The third-order valence-electron chi connectivity index (χ3n) is 3.32. The second kappa shape index (κ2) is 7.82. The molecule has 0 aromatic carbocycles. The average Bonchev–Trinajstić information content (AvgIpc) is 2.85. The lowest BCUT2D eigenvalue weighted by atomic mass is 10.1. The molecule has 2 heterocycles. The summed E-state index contributed by atoms with van der Waals surface area (Å²) in [6.07, 6.45) is 6.01. The summed E-state index contributed by atoms with van der Waals surface area (Å²) >= 11 is 1.78. The minimum atomic E-state index is 0.421. The second-order valence-electron chi connectivity index (χ2n) is 5.01. The largest absolute Gasteiger partial charge is 0.377 e. The number of ether oxygens (including phenoxy) is 1. The summed E-state index contributed by atoms with van der Waals surface area (Å²) in [5.41, 5.74) is 0. The number of hydrogen-bond acceptors (Lipinski definition) is 5. The fourth-order valence-corrected chi connectivity index (χ4v) is 3.32. The fraction of sp³-hybridized carbons (Fsp3) is 0.786. The van der Waals surface area contributed by atoms with Crippen molar-refractivity contribution in [1.29, 1.82) is 0 Å². The first-order chi connectivity index (χ1) is 9.31. The number of likely N-dealkylation sites (tertiary alicyclic amines) is 1. The maximum atomic E-state index is 5.74. The Morgan fingerprint density at radius 1 is 1.53 bits per heavy atom.